The van der Waals surface area contributed by atoms with Crippen LogP contribution in [-0.4, -0.2) is 12.7 Å². The summed E-state index contributed by atoms with van der Waals surface area (Å²) in [7, 11) is 0. The predicted octanol–water partition coefficient (Wildman–Crippen LogP) is 0.578. The van der Waals surface area contributed by atoms with Gasteiger partial charge in [0.1, 0.15) is 6.73 Å². The van der Waals surface area contributed by atoms with Crippen LogP contribution in [0.25, 0.3) is 0 Å². The average Bonchev–Trinajstić information content (AvgIpc) is 1.89. The summed E-state index contributed by atoms with van der Waals surface area (Å²) in [6.45, 7) is 1.79. The van der Waals surface area contributed by atoms with Gasteiger partial charge in [-0.25, -0.2) is 4.79 Å². The van der Waals surface area contributed by atoms with Gasteiger partial charge in [-0.05, 0) is 6.92 Å². The van der Waals surface area contributed by atoms with Gasteiger partial charge in [0.2, 0.25) is 0 Å². The number of nitrogens with two attached hydrogens (primary N) is 1. The summed E-state index contributed by atoms with van der Waals surface area (Å²) < 4.78 is 4.41. The standard InChI is InChI=1S/C7H11NO2/c1-2-3-4-5-7(9)10-6-8/h2-5H,6,8H2,1H3/b3-2+,5-4+. The molecule has 10 heavy (non-hydrogen) atoms. The molecule has 0 atom stereocenters. The largest absolute Gasteiger partial charge is 0.447 e. The Hall–Kier alpha value is -1.09. The van der Waals surface area contributed by atoms with E-state index >= 15 is 0 Å². The van der Waals surface area contributed by atoms with Gasteiger partial charge >= 0.3 is 5.97 Å². The topological polar surface area (TPSA) is 52.3 Å². The molecule has 0 rings (SSSR count). The molecule has 0 bridgehead atoms. The Balaban J connectivity index is 3.56. The molecule has 0 aromatic heterocycles. The van der Waals surface area contributed by atoms with E-state index in [4.69, 9.17) is 5.73 Å². The van der Waals surface area contributed by atoms with Crippen molar-refractivity contribution < 1.29 is 9.53 Å². The number of hydrogen-bond donors (Lipinski definition) is 1. The minimum Gasteiger partial charge on any atom is -0.447 e. The minimum absolute atomic E-state index is 0.0704. The SMILES string of the molecule is C/C=C/C=C/C(=O)OCN. The number of carbonyl (C=O) groups excluding carboxylic acids is 1. The lowest BCUT2D eigenvalue weighted by molar-refractivity contribution is -0.137. The first kappa shape index (κ1) is 8.91. The Morgan fingerprint density at radius 3 is 2.80 bits per heavy atom. The van der Waals surface area contributed by atoms with E-state index in [-0.39, 0.29) is 6.73 Å². The second-order valence-electron chi connectivity index (χ2n) is 1.51. The number of esters is 1. The molecule has 0 aliphatic rings. The maximum absolute atomic E-state index is 10.5. The zero-order valence-electron chi connectivity index (χ0n) is 5.91. The average molecular weight is 141 g/mol. The van der Waals surface area contributed by atoms with Gasteiger partial charge in [0, 0.05) is 6.08 Å². The van der Waals surface area contributed by atoms with Crippen molar-refractivity contribution in [3.63, 3.8) is 0 Å². The smallest absolute Gasteiger partial charge is 0.332 e. The highest BCUT2D eigenvalue weighted by Crippen LogP contribution is 1.80. The third kappa shape index (κ3) is 5.05. The van der Waals surface area contributed by atoms with Gasteiger partial charge in [0.25, 0.3) is 0 Å². The quantitative estimate of drug-likeness (QED) is 0.271. The van der Waals surface area contributed by atoms with Gasteiger partial charge in [-0.1, -0.05) is 18.2 Å². The fourth-order valence-electron chi connectivity index (χ4n) is 0.375. The summed E-state index contributed by atoms with van der Waals surface area (Å²) >= 11 is 0. The fraction of sp³-hybridized carbons (Fsp3) is 0.286. The van der Waals surface area contributed by atoms with E-state index < -0.39 is 5.97 Å². The van der Waals surface area contributed by atoms with Gasteiger partial charge in [0.15, 0.2) is 0 Å². The Morgan fingerprint density at radius 1 is 1.60 bits per heavy atom. The summed E-state index contributed by atoms with van der Waals surface area (Å²) in [5.74, 6) is -0.416. The van der Waals surface area contributed by atoms with Crippen molar-refractivity contribution in [2.75, 3.05) is 6.73 Å². The number of allylic oxidation sites excluding steroid dienone is 3. The Kier molecular flexibility index (Phi) is 5.38. The van der Waals surface area contributed by atoms with Crippen LogP contribution in [0.5, 0.6) is 0 Å². The van der Waals surface area contributed by atoms with Crippen LogP contribution in [0.3, 0.4) is 0 Å². The molecule has 2 N–H and O–H groups in total. The summed E-state index contributed by atoms with van der Waals surface area (Å²) in [5.41, 5.74) is 4.94. The highest BCUT2D eigenvalue weighted by atomic mass is 16.5. The molecule has 0 fully saturated rings. The number of hydrogen-bond acceptors (Lipinski definition) is 3. The molecule has 3 heteroatoms. The Bertz CT molecular complexity index is 150. The molecule has 0 amide bonds. The first-order chi connectivity index (χ1) is 4.81. The molecular formula is C7H11NO2. The van der Waals surface area contributed by atoms with Crippen LogP contribution in [0, 0.1) is 0 Å². The lowest BCUT2D eigenvalue weighted by Gasteiger charge is -1.92. The summed E-state index contributed by atoms with van der Waals surface area (Å²) in [5, 5.41) is 0. The van der Waals surface area contributed by atoms with Crippen molar-refractivity contribution in [3.8, 4) is 0 Å². The lowest BCUT2D eigenvalue weighted by Crippen LogP contribution is -2.09. The zero-order chi connectivity index (χ0) is 7.82. The normalized spacial score (nSPS) is 11.0. The monoisotopic (exact) mass is 141 g/mol. The summed E-state index contributed by atoms with van der Waals surface area (Å²) in [6.07, 6.45) is 6.45. The maximum atomic E-state index is 10.5. The van der Waals surface area contributed by atoms with Crippen molar-refractivity contribution >= 4 is 5.97 Å². The molecule has 0 saturated carbocycles. The summed E-state index contributed by atoms with van der Waals surface area (Å²) in [4.78, 5) is 10.5. The van der Waals surface area contributed by atoms with Crippen LogP contribution in [0.1, 0.15) is 6.92 Å². The molecule has 0 aliphatic heterocycles. The predicted molar refractivity (Wildman–Crippen MR) is 39.1 cm³/mol. The molecular weight excluding hydrogens is 130 g/mol. The van der Waals surface area contributed by atoms with E-state index in [9.17, 15) is 4.79 Å². The lowest BCUT2D eigenvalue weighted by atomic mass is 10.4. The zero-order valence-corrected chi connectivity index (χ0v) is 5.91. The summed E-state index contributed by atoms with van der Waals surface area (Å²) in [6, 6.07) is 0. The van der Waals surface area contributed by atoms with E-state index in [1.54, 1.807) is 12.2 Å². The number of carbonyl (C=O) groups is 1. The molecule has 56 valence electrons. The van der Waals surface area contributed by atoms with E-state index in [0.29, 0.717) is 0 Å². The second-order valence-corrected chi connectivity index (χ2v) is 1.51. The van der Waals surface area contributed by atoms with Crippen molar-refractivity contribution in [2.24, 2.45) is 5.73 Å². The third-order valence-corrected chi connectivity index (χ3v) is 0.761. The van der Waals surface area contributed by atoms with Gasteiger partial charge in [-0.15, -0.1) is 0 Å². The second kappa shape index (κ2) is 6.04. The highest BCUT2D eigenvalue weighted by molar-refractivity contribution is 5.82. The highest BCUT2D eigenvalue weighted by Gasteiger charge is 1.89. The van der Waals surface area contributed by atoms with Gasteiger partial charge in [-0.3, -0.25) is 5.73 Å². The first-order valence-corrected chi connectivity index (χ1v) is 2.97. The van der Waals surface area contributed by atoms with Crippen molar-refractivity contribution in [1.29, 1.82) is 0 Å². The van der Waals surface area contributed by atoms with E-state index in [0.717, 1.165) is 0 Å². The Labute approximate surface area is 60.2 Å². The third-order valence-electron chi connectivity index (χ3n) is 0.761. The number of rotatable bonds is 3. The van der Waals surface area contributed by atoms with Crippen LogP contribution in [0.2, 0.25) is 0 Å². The molecule has 3 nitrogen and oxygen atoms in total. The van der Waals surface area contributed by atoms with E-state index in [1.165, 1.54) is 6.08 Å². The van der Waals surface area contributed by atoms with E-state index in [2.05, 4.69) is 4.74 Å². The maximum Gasteiger partial charge on any atom is 0.332 e. The van der Waals surface area contributed by atoms with Crippen LogP contribution in [0.4, 0.5) is 0 Å². The van der Waals surface area contributed by atoms with Gasteiger partial charge < -0.3 is 4.74 Å². The molecule has 0 unspecified atom stereocenters. The van der Waals surface area contributed by atoms with Crippen LogP contribution < -0.4 is 5.73 Å². The van der Waals surface area contributed by atoms with Crippen molar-refractivity contribution in [2.45, 2.75) is 6.92 Å². The number of ether oxygens (including phenoxy) is 1. The van der Waals surface area contributed by atoms with Crippen molar-refractivity contribution in [3.05, 3.63) is 24.3 Å². The molecule has 0 aromatic rings. The minimum atomic E-state index is -0.416. The molecule has 0 aromatic carbocycles. The van der Waals surface area contributed by atoms with Crippen LogP contribution >= 0.6 is 0 Å². The first-order valence-electron chi connectivity index (χ1n) is 2.97. The fourth-order valence-corrected chi connectivity index (χ4v) is 0.375. The molecule has 0 saturated heterocycles. The van der Waals surface area contributed by atoms with Crippen LogP contribution in [-0.2, 0) is 9.53 Å². The van der Waals surface area contributed by atoms with Gasteiger partial charge in [-0.2, -0.15) is 0 Å². The Morgan fingerprint density at radius 2 is 2.30 bits per heavy atom. The van der Waals surface area contributed by atoms with Gasteiger partial charge in [0.05, 0.1) is 0 Å². The van der Waals surface area contributed by atoms with Crippen LogP contribution in [0.15, 0.2) is 24.3 Å². The molecule has 0 heterocycles. The molecule has 0 spiro atoms. The molecule has 0 aliphatic carbocycles. The van der Waals surface area contributed by atoms with Crippen molar-refractivity contribution in [1.82, 2.24) is 0 Å². The molecule has 0 radical (unpaired) electrons. The van der Waals surface area contributed by atoms with E-state index in [1.807, 2.05) is 13.0 Å².